The minimum Gasteiger partial charge on any atom is -0.466 e. The van der Waals surface area contributed by atoms with Gasteiger partial charge in [-0.05, 0) is 36.8 Å². The van der Waals surface area contributed by atoms with Gasteiger partial charge in [0.1, 0.15) is 0 Å². The number of nitrogens with one attached hydrogen (secondary N) is 2. The first-order valence-corrected chi connectivity index (χ1v) is 6.92. The molecule has 0 unspecified atom stereocenters. The Labute approximate surface area is 132 Å². The first-order chi connectivity index (χ1) is 9.43. The maximum absolute atomic E-state index is 12.0. The fourth-order valence-corrected chi connectivity index (χ4v) is 2.83. The molecule has 0 radical (unpaired) electrons. The van der Waals surface area contributed by atoms with Gasteiger partial charge in [0, 0.05) is 15.7 Å². The molecule has 0 spiro atoms. The van der Waals surface area contributed by atoms with E-state index in [1.807, 2.05) is 0 Å². The predicted octanol–water partition coefficient (Wildman–Crippen LogP) is 2.96. The normalized spacial score (nSPS) is 18.4. The summed E-state index contributed by atoms with van der Waals surface area (Å²) in [7, 11) is 1.33. The second-order valence-electron chi connectivity index (χ2n) is 4.23. The topological polar surface area (TPSA) is 50.4 Å². The van der Waals surface area contributed by atoms with Crippen molar-refractivity contribution in [3.63, 3.8) is 0 Å². The van der Waals surface area contributed by atoms with Crippen molar-refractivity contribution in [3.8, 4) is 0 Å². The average Bonchev–Trinajstić information content (AvgIpc) is 2.37. The van der Waals surface area contributed by atoms with Gasteiger partial charge in [0.15, 0.2) is 5.11 Å². The smallest absolute Gasteiger partial charge is 0.337 e. The molecule has 2 rings (SSSR count). The number of rotatable bonds is 2. The van der Waals surface area contributed by atoms with Crippen molar-refractivity contribution in [2.75, 3.05) is 7.11 Å². The van der Waals surface area contributed by atoms with Gasteiger partial charge in [-0.1, -0.05) is 29.3 Å². The Hall–Kier alpha value is -1.30. The van der Waals surface area contributed by atoms with E-state index >= 15 is 0 Å². The molecule has 2 N–H and O–H groups in total. The van der Waals surface area contributed by atoms with Crippen molar-refractivity contribution < 1.29 is 9.53 Å². The number of hydrogen-bond acceptors (Lipinski definition) is 3. The molecule has 1 aliphatic rings. The highest BCUT2D eigenvalue weighted by atomic mass is 35.5. The van der Waals surface area contributed by atoms with Gasteiger partial charge in [0.05, 0.1) is 18.7 Å². The van der Waals surface area contributed by atoms with Crippen LogP contribution in [0.5, 0.6) is 0 Å². The molecule has 0 saturated carbocycles. The van der Waals surface area contributed by atoms with Crippen LogP contribution in [0.15, 0.2) is 29.5 Å². The molecule has 0 fully saturated rings. The molecule has 7 heteroatoms. The van der Waals surface area contributed by atoms with Crippen molar-refractivity contribution in [3.05, 3.63) is 45.1 Å². The van der Waals surface area contributed by atoms with E-state index in [1.165, 1.54) is 7.11 Å². The van der Waals surface area contributed by atoms with Crippen LogP contribution in [0.3, 0.4) is 0 Å². The first-order valence-electron chi connectivity index (χ1n) is 5.75. The number of carbonyl (C=O) groups is 1. The Kier molecular flexibility index (Phi) is 4.52. The monoisotopic (exact) mass is 330 g/mol. The molecule has 0 aromatic heterocycles. The van der Waals surface area contributed by atoms with E-state index in [2.05, 4.69) is 10.6 Å². The fraction of sp³-hybridized carbons (Fsp3) is 0.231. The molecule has 0 amide bonds. The van der Waals surface area contributed by atoms with E-state index in [1.54, 1.807) is 25.1 Å². The van der Waals surface area contributed by atoms with Crippen LogP contribution in [-0.4, -0.2) is 18.2 Å². The lowest BCUT2D eigenvalue weighted by molar-refractivity contribution is -0.136. The Balaban J connectivity index is 2.54. The second kappa shape index (κ2) is 5.99. The van der Waals surface area contributed by atoms with Crippen LogP contribution in [0.25, 0.3) is 0 Å². The van der Waals surface area contributed by atoms with Gasteiger partial charge >= 0.3 is 5.97 Å². The van der Waals surface area contributed by atoms with Gasteiger partial charge < -0.3 is 15.4 Å². The summed E-state index contributed by atoms with van der Waals surface area (Å²) in [5.74, 6) is -0.444. The van der Waals surface area contributed by atoms with Crippen LogP contribution in [-0.2, 0) is 9.53 Å². The van der Waals surface area contributed by atoms with E-state index in [9.17, 15) is 4.79 Å². The van der Waals surface area contributed by atoms with Gasteiger partial charge in [0.25, 0.3) is 0 Å². The standard InChI is InChI=1S/C13H12Cl2N2O2S/c1-6-10(12(18)19-2)11(17-13(20)16-6)8-4-3-7(14)5-9(8)15/h3-5,11H,1-2H3,(H2,16,17,20)/t11-/m1/s1. The predicted molar refractivity (Wildman–Crippen MR) is 82.8 cm³/mol. The third-order valence-corrected chi connectivity index (χ3v) is 3.73. The molecule has 1 atom stereocenters. The van der Waals surface area contributed by atoms with Gasteiger partial charge in [-0.15, -0.1) is 0 Å². The number of methoxy groups -OCH3 is 1. The van der Waals surface area contributed by atoms with Crippen molar-refractivity contribution >= 4 is 46.5 Å². The number of allylic oxidation sites excluding steroid dienone is 1. The Bertz CT molecular complexity index is 616. The summed E-state index contributed by atoms with van der Waals surface area (Å²) in [5, 5.41) is 7.33. The highest BCUT2D eigenvalue weighted by molar-refractivity contribution is 7.80. The highest BCUT2D eigenvalue weighted by Crippen LogP contribution is 2.33. The molecule has 20 heavy (non-hydrogen) atoms. The molecule has 0 bridgehead atoms. The van der Waals surface area contributed by atoms with Gasteiger partial charge in [-0.3, -0.25) is 0 Å². The van der Waals surface area contributed by atoms with E-state index < -0.39 is 12.0 Å². The summed E-state index contributed by atoms with van der Waals surface area (Å²) in [6, 6.07) is 4.61. The number of halogens is 2. The first kappa shape index (κ1) is 15.1. The zero-order valence-corrected chi connectivity index (χ0v) is 13.1. The molecule has 1 aromatic rings. The molecule has 106 valence electrons. The molecule has 1 aromatic carbocycles. The van der Waals surface area contributed by atoms with Crippen LogP contribution < -0.4 is 10.6 Å². The summed E-state index contributed by atoms with van der Waals surface area (Å²) in [4.78, 5) is 12.0. The largest absolute Gasteiger partial charge is 0.466 e. The lowest BCUT2D eigenvalue weighted by Gasteiger charge is -2.30. The third-order valence-electron chi connectivity index (χ3n) is 2.95. The van der Waals surface area contributed by atoms with Crippen LogP contribution in [0.4, 0.5) is 0 Å². The maximum Gasteiger partial charge on any atom is 0.337 e. The van der Waals surface area contributed by atoms with Crippen LogP contribution >= 0.6 is 35.4 Å². The lowest BCUT2D eigenvalue weighted by Crippen LogP contribution is -2.45. The zero-order chi connectivity index (χ0) is 14.9. The summed E-state index contributed by atoms with van der Waals surface area (Å²) >= 11 is 17.2. The third kappa shape index (κ3) is 2.90. The number of ether oxygens (including phenoxy) is 1. The van der Waals surface area contributed by atoms with Gasteiger partial charge in [-0.25, -0.2) is 4.79 Å². The zero-order valence-electron chi connectivity index (χ0n) is 10.8. The van der Waals surface area contributed by atoms with Crippen LogP contribution in [0.1, 0.15) is 18.5 Å². The minimum absolute atomic E-state index is 0.422. The number of carbonyl (C=O) groups excluding carboxylic acids is 1. The Morgan fingerprint density at radius 2 is 2.10 bits per heavy atom. The van der Waals surface area contributed by atoms with Crippen LogP contribution in [0.2, 0.25) is 10.0 Å². The summed E-state index contributed by atoms with van der Waals surface area (Å²) in [5.41, 5.74) is 1.78. The molecule has 4 nitrogen and oxygen atoms in total. The van der Waals surface area contributed by atoms with Crippen molar-refractivity contribution in [1.82, 2.24) is 10.6 Å². The van der Waals surface area contributed by atoms with E-state index in [-0.39, 0.29) is 0 Å². The number of thiocarbonyl (C=S) groups is 1. The molecular formula is C13H12Cl2N2O2S. The average molecular weight is 331 g/mol. The molecule has 1 heterocycles. The molecule has 1 aliphatic heterocycles. The van der Waals surface area contributed by atoms with Crippen molar-refractivity contribution in [1.29, 1.82) is 0 Å². The summed E-state index contributed by atoms with van der Waals surface area (Å²) in [6.45, 7) is 1.76. The fourth-order valence-electron chi connectivity index (χ4n) is 2.04. The minimum atomic E-state index is -0.471. The second-order valence-corrected chi connectivity index (χ2v) is 5.48. The number of esters is 1. The van der Waals surface area contributed by atoms with Gasteiger partial charge in [-0.2, -0.15) is 0 Å². The lowest BCUT2D eigenvalue weighted by atomic mass is 9.95. The summed E-state index contributed by atoms with van der Waals surface area (Å²) < 4.78 is 4.82. The quantitative estimate of drug-likeness (QED) is 0.645. The van der Waals surface area contributed by atoms with E-state index in [4.69, 9.17) is 40.2 Å². The Morgan fingerprint density at radius 1 is 1.40 bits per heavy atom. The SMILES string of the molecule is COC(=O)C1=C(C)NC(=S)N[C@@H]1c1ccc(Cl)cc1Cl. The highest BCUT2D eigenvalue weighted by Gasteiger charge is 2.31. The number of benzene rings is 1. The van der Waals surface area contributed by atoms with E-state index in [0.717, 1.165) is 0 Å². The van der Waals surface area contributed by atoms with Crippen molar-refractivity contribution in [2.24, 2.45) is 0 Å². The van der Waals surface area contributed by atoms with Crippen molar-refractivity contribution in [2.45, 2.75) is 13.0 Å². The number of hydrogen-bond donors (Lipinski definition) is 2. The molecule has 0 saturated heterocycles. The van der Waals surface area contributed by atoms with E-state index in [0.29, 0.717) is 32.0 Å². The maximum atomic E-state index is 12.0. The van der Waals surface area contributed by atoms with Gasteiger partial charge in [0.2, 0.25) is 0 Å². The summed E-state index contributed by atoms with van der Waals surface area (Å²) in [6.07, 6.45) is 0. The van der Waals surface area contributed by atoms with Crippen LogP contribution in [0, 0.1) is 0 Å². The Morgan fingerprint density at radius 3 is 2.70 bits per heavy atom. The molecular weight excluding hydrogens is 319 g/mol. The molecule has 0 aliphatic carbocycles.